The molecule has 0 saturated heterocycles. The normalized spacial score (nSPS) is 10.6. The van der Waals surface area contributed by atoms with Crippen LogP contribution in [0.4, 0.5) is 0 Å². The van der Waals surface area contributed by atoms with Gasteiger partial charge in [-0.3, -0.25) is 0 Å². The average molecular weight is 247 g/mol. The summed E-state index contributed by atoms with van der Waals surface area (Å²) in [6.45, 7) is 1.92. The van der Waals surface area contributed by atoms with E-state index < -0.39 is 0 Å². The zero-order valence-corrected chi connectivity index (χ0v) is 10.8. The number of benzene rings is 1. The van der Waals surface area contributed by atoms with Crippen LogP contribution in [0.1, 0.15) is 5.56 Å². The Morgan fingerprint density at radius 2 is 2.12 bits per heavy atom. The van der Waals surface area contributed by atoms with Gasteiger partial charge in [-0.25, -0.2) is 4.98 Å². The van der Waals surface area contributed by atoms with E-state index in [0.29, 0.717) is 0 Å². The number of thioether (sulfide) groups is 1. The Morgan fingerprint density at radius 3 is 2.82 bits per heavy atom. The molecular formula is C13H17N3S. The zero-order chi connectivity index (χ0) is 11.9. The Morgan fingerprint density at radius 1 is 1.29 bits per heavy atom. The van der Waals surface area contributed by atoms with Crippen molar-refractivity contribution < 1.29 is 0 Å². The molecule has 1 aromatic carbocycles. The first-order chi connectivity index (χ1) is 8.36. The zero-order valence-electron chi connectivity index (χ0n) is 9.97. The minimum atomic E-state index is 0.933. The van der Waals surface area contributed by atoms with Gasteiger partial charge < -0.3 is 9.88 Å². The van der Waals surface area contributed by atoms with Gasteiger partial charge in [0.25, 0.3) is 0 Å². The van der Waals surface area contributed by atoms with Crippen molar-refractivity contribution in [1.82, 2.24) is 14.9 Å². The highest BCUT2D eigenvalue weighted by Gasteiger charge is 1.98. The van der Waals surface area contributed by atoms with Gasteiger partial charge in [-0.1, -0.05) is 42.1 Å². The predicted molar refractivity (Wildman–Crippen MR) is 72.1 cm³/mol. The number of aromatic nitrogens is 2. The average Bonchev–Trinajstić information content (AvgIpc) is 2.76. The van der Waals surface area contributed by atoms with Crippen molar-refractivity contribution in [1.29, 1.82) is 0 Å². The Bertz CT molecular complexity index is 439. The van der Waals surface area contributed by atoms with Gasteiger partial charge in [0.1, 0.15) is 0 Å². The van der Waals surface area contributed by atoms with Crippen molar-refractivity contribution in [2.45, 2.75) is 11.7 Å². The van der Waals surface area contributed by atoms with E-state index in [2.05, 4.69) is 34.6 Å². The van der Waals surface area contributed by atoms with E-state index >= 15 is 0 Å². The van der Waals surface area contributed by atoms with Crippen LogP contribution in [0.25, 0.3) is 0 Å². The third-order valence-electron chi connectivity index (χ3n) is 2.46. The minimum Gasteiger partial charge on any atom is -0.329 e. The monoisotopic (exact) mass is 247 g/mol. The summed E-state index contributed by atoms with van der Waals surface area (Å²) in [6, 6.07) is 10.5. The van der Waals surface area contributed by atoms with Crippen LogP contribution >= 0.6 is 11.8 Å². The first kappa shape index (κ1) is 12.2. The second kappa shape index (κ2) is 6.47. The van der Waals surface area contributed by atoms with Gasteiger partial charge in [0, 0.05) is 38.3 Å². The van der Waals surface area contributed by atoms with Crippen molar-refractivity contribution in [2.24, 2.45) is 7.05 Å². The number of rotatable bonds is 6. The number of nitrogens with one attached hydrogen (secondary N) is 1. The molecule has 0 unspecified atom stereocenters. The van der Waals surface area contributed by atoms with Crippen LogP contribution in [-0.4, -0.2) is 21.8 Å². The van der Waals surface area contributed by atoms with Crippen molar-refractivity contribution in [3.63, 3.8) is 0 Å². The number of hydrogen-bond donors (Lipinski definition) is 1. The molecule has 2 rings (SSSR count). The fourth-order valence-corrected chi connectivity index (χ4v) is 2.36. The Balaban J connectivity index is 1.63. The van der Waals surface area contributed by atoms with Crippen LogP contribution in [-0.2, 0) is 13.6 Å². The lowest BCUT2D eigenvalue weighted by atomic mass is 10.2. The van der Waals surface area contributed by atoms with Crippen molar-refractivity contribution in [3.05, 3.63) is 48.3 Å². The summed E-state index contributed by atoms with van der Waals surface area (Å²) in [7, 11) is 2.02. The molecule has 1 aromatic heterocycles. The van der Waals surface area contributed by atoms with Crippen LogP contribution in [0.15, 0.2) is 47.9 Å². The van der Waals surface area contributed by atoms with Crippen molar-refractivity contribution in [2.75, 3.05) is 12.3 Å². The molecule has 17 heavy (non-hydrogen) atoms. The highest BCUT2D eigenvalue weighted by molar-refractivity contribution is 7.99. The molecule has 0 aliphatic carbocycles. The third-order valence-corrected chi connectivity index (χ3v) is 3.52. The van der Waals surface area contributed by atoms with E-state index in [4.69, 9.17) is 0 Å². The predicted octanol–water partition coefficient (Wildman–Crippen LogP) is 2.30. The molecule has 3 nitrogen and oxygen atoms in total. The molecule has 1 N–H and O–H groups in total. The van der Waals surface area contributed by atoms with Crippen LogP contribution < -0.4 is 5.32 Å². The smallest absolute Gasteiger partial charge is 0.167 e. The van der Waals surface area contributed by atoms with E-state index in [1.54, 1.807) is 11.8 Å². The van der Waals surface area contributed by atoms with E-state index in [1.165, 1.54) is 5.56 Å². The maximum absolute atomic E-state index is 4.27. The Kier molecular flexibility index (Phi) is 4.64. The topological polar surface area (TPSA) is 29.9 Å². The van der Waals surface area contributed by atoms with Gasteiger partial charge in [0.2, 0.25) is 0 Å². The van der Waals surface area contributed by atoms with E-state index in [-0.39, 0.29) is 0 Å². The van der Waals surface area contributed by atoms with Crippen molar-refractivity contribution >= 4 is 11.8 Å². The van der Waals surface area contributed by atoms with Crippen LogP contribution in [0.5, 0.6) is 0 Å². The standard InChI is InChI=1S/C13H17N3S/c1-16-9-7-15-13(16)17-10-8-14-11-12-5-3-2-4-6-12/h2-7,9,14H,8,10-11H2,1H3. The van der Waals surface area contributed by atoms with Gasteiger partial charge >= 0.3 is 0 Å². The number of aryl methyl sites for hydroxylation is 1. The molecule has 0 atom stereocenters. The molecule has 0 aliphatic heterocycles. The van der Waals surface area contributed by atoms with Crippen LogP contribution in [0, 0.1) is 0 Å². The van der Waals surface area contributed by atoms with Gasteiger partial charge in [-0.05, 0) is 5.56 Å². The molecule has 1 heterocycles. The highest BCUT2D eigenvalue weighted by Crippen LogP contribution is 2.12. The molecule has 2 aromatic rings. The number of imidazole rings is 1. The van der Waals surface area contributed by atoms with Crippen LogP contribution in [0.3, 0.4) is 0 Å². The van der Waals surface area contributed by atoms with Gasteiger partial charge in [-0.15, -0.1) is 0 Å². The Labute approximate surface area is 106 Å². The SMILES string of the molecule is Cn1ccnc1SCCNCc1ccccc1. The lowest BCUT2D eigenvalue weighted by Crippen LogP contribution is -2.16. The summed E-state index contributed by atoms with van der Waals surface area (Å²) in [4.78, 5) is 4.27. The fourth-order valence-electron chi connectivity index (χ4n) is 1.53. The maximum atomic E-state index is 4.27. The van der Waals surface area contributed by atoms with Gasteiger partial charge in [-0.2, -0.15) is 0 Å². The van der Waals surface area contributed by atoms with E-state index in [0.717, 1.165) is 24.0 Å². The molecule has 0 spiro atoms. The fraction of sp³-hybridized carbons (Fsp3) is 0.308. The van der Waals surface area contributed by atoms with Crippen LogP contribution in [0.2, 0.25) is 0 Å². The highest BCUT2D eigenvalue weighted by atomic mass is 32.2. The summed E-state index contributed by atoms with van der Waals surface area (Å²) in [5.74, 6) is 1.04. The molecule has 0 radical (unpaired) electrons. The summed E-state index contributed by atoms with van der Waals surface area (Å²) in [6.07, 6.45) is 3.81. The second-order valence-electron chi connectivity index (χ2n) is 3.83. The van der Waals surface area contributed by atoms with Gasteiger partial charge in [0.15, 0.2) is 5.16 Å². The quantitative estimate of drug-likeness (QED) is 0.627. The lowest BCUT2D eigenvalue weighted by molar-refractivity contribution is 0.728. The molecule has 0 fully saturated rings. The molecular weight excluding hydrogens is 230 g/mol. The number of hydrogen-bond acceptors (Lipinski definition) is 3. The molecule has 90 valence electrons. The van der Waals surface area contributed by atoms with E-state index in [1.807, 2.05) is 30.1 Å². The molecule has 4 heteroatoms. The molecule has 0 saturated carbocycles. The lowest BCUT2D eigenvalue weighted by Gasteiger charge is -2.04. The first-order valence-electron chi connectivity index (χ1n) is 5.71. The minimum absolute atomic E-state index is 0.933. The largest absolute Gasteiger partial charge is 0.329 e. The second-order valence-corrected chi connectivity index (χ2v) is 4.89. The first-order valence-corrected chi connectivity index (χ1v) is 6.69. The summed E-state index contributed by atoms with van der Waals surface area (Å²) >= 11 is 1.78. The summed E-state index contributed by atoms with van der Waals surface area (Å²) in [5.41, 5.74) is 1.33. The van der Waals surface area contributed by atoms with E-state index in [9.17, 15) is 0 Å². The Hall–Kier alpha value is -1.26. The molecule has 0 aliphatic rings. The molecule has 0 amide bonds. The summed E-state index contributed by atoms with van der Waals surface area (Å²) < 4.78 is 2.04. The summed E-state index contributed by atoms with van der Waals surface area (Å²) in [5, 5.41) is 4.50. The van der Waals surface area contributed by atoms with Crippen molar-refractivity contribution in [3.8, 4) is 0 Å². The number of nitrogens with zero attached hydrogens (tertiary/aromatic N) is 2. The van der Waals surface area contributed by atoms with Gasteiger partial charge in [0.05, 0.1) is 0 Å². The molecule has 0 bridgehead atoms. The maximum Gasteiger partial charge on any atom is 0.167 e. The third kappa shape index (κ3) is 3.91.